The molecule has 1 N–H and O–H groups in total. The molecule has 0 heterocycles. The molecule has 0 spiro atoms. The summed E-state index contributed by atoms with van der Waals surface area (Å²) in [5, 5.41) is 13.5. The summed E-state index contributed by atoms with van der Waals surface area (Å²) in [5.41, 5.74) is 1.73. The molecule has 6 nitrogen and oxygen atoms in total. The number of carbonyl (C=O) groups is 1. The molecule has 0 radical (unpaired) electrons. The minimum atomic E-state index is -0.591. The SMILES string of the molecule is Cc1cccc(C#CCNC(=O)OCc2ccccc2)c1[N+](=O)[O-]. The van der Waals surface area contributed by atoms with E-state index in [1.54, 1.807) is 25.1 Å². The lowest BCUT2D eigenvalue weighted by atomic mass is 10.1. The molecule has 0 fully saturated rings. The van der Waals surface area contributed by atoms with Crippen molar-refractivity contribution in [3.05, 3.63) is 75.3 Å². The van der Waals surface area contributed by atoms with Gasteiger partial charge in [-0.15, -0.1) is 0 Å². The maximum absolute atomic E-state index is 11.5. The van der Waals surface area contributed by atoms with E-state index in [0.29, 0.717) is 11.1 Å². The number of hydrogen-bond acceptors (Lipinski definition) is 4. The Morgan fingerprint density at radius 3 is 2.67 bits per heavy atom. The standard InChI is InChI=1S/C18H16N2O4/c1-14-7-5-10-16(17(14)20(22)23)11-6-12-19-18(21)24-13-15-8-3-2-4-9-15/h2-5,7-10H,12-13H2,1H3,(H,19,21). The van der Waals surface area contributed by atoms with Gasteiger partial charge in [-0.05, 0) is 18.6 Å². The van der Waals surface area contributed by atoms with Gasteiger partial charge in [-0.1, -0.05) is 54.3 Å². The first-order chi connectivity index (χ1) is 11.6. The average molecular weight is 324 g/mol. The summed E-state index contributed by atoms with van der Waals surface area (Å²) in [4.78, 5) is 22.1. The summed E-state index contributed by atoms with van der Waals surface area (Å²) in [6, 6.07) is 14.2. The molecular formula is C18H16N2O4. The van der Waals surface area contributed by atoms with Crippen molar-refractivity contribution < 1.29 is 14.5 Å². The van der Waals surface area contributed by atoms with Crippen molar-refractivity contribution in [3.63, 3.8) is 0 Å². The molecule has 24 heavy (non-hydrogen) atoms. The predicted octanol–water partition coefficient (Wildman–Crippen LogP) is 3.18. The Labute approximate surface area is 139 Å². The van der Waals surface area contributed by atoms with E-state index in [1.165, 1.54) is 0 Å². The van der Waals surface area contributed by atoms with Crippen LogP contribution in [0, 0.1) is 28.9 Å². The first kappa shape index (κ1) is 17.0. The first-order valence-corrected chi connectivity index (χ1v) is 7.25. The lowest BCUT2D eigenvalue weighted by molar-refractivity contribution is -0.385. The van der Waals surface area contributed by atoms with Crippen molar-refractivity contribution >= 4 is 11.8 Å². The van der Waals surface area contributed by atoms with Crippen molar-refractivity contribution in [1.82, 2.24) is 5.32 Å². The fourth-order valence-corrected chi connectivity index (χ4v) is 2.03. The van der Waals surface area contributed by atoms with E-state index < -0.39 is 11.0 Å². The summed E-state index contributed by atoms with van der Waals surface area (Å²) in [7, 11) is 0. The monoisotopic (exact) mass is 324 g/mol. The van der Waals surface area contributed by atoms with Crippen molar-refractivity contribution in [2.24, 2.45) is 0 Å². The molecule has 0 unspecified atom stereocenters. The summed E-state index contributed by atoms with van der Waals surface area (Å²) in [6.07, 6.45) is -0.591. The van der Waals surface area contributed by atoms with Crippen LogP contribution in [0.3, 0.4) is 0 Å². The molecular weight excluding hydrogens is 308 g/mol. The molecule has 0 aliphatic heterocycles. The van der Waals surface area contributed by atoms with Gasteiger partial charge in [-0.25, -0.2) is 4.79 Å². The Morgan fingerprint density at radius 2 is 1.96 bits per heavy atom. The van der Waals surface area contributed by atoms with Crippen molar-refractivity contribution in [2.45, 2.75) is 13.5 Å². The molecule has 2 aromatic carbocycles. The van der Waals surface area contributed by atoms with Gasteiger partial charge in [0.1, 0.15) is 12.2 Å². The number of amides is 1. The van der Waals surface area contributed by atoms with E-state index in [2.05, 4.69) is 17.2 Å². The molecule has 0 bridgehead atoms. The van der Waals surface area contributed by atoms with Gasteiger partial charge < -0.3 is 10.1 Å². The van der Waals surface area contributed by atoms with E-state index in [1.807, 2.05) is 30.3 Å². The molecule has 2 aromatic rings. The number of rotatable bonds is 4. The van der Waals surface area contributed by atoms with Gasteiger partial charge in [0.25, 0.3) is 5.69 Å². The average Bonchev–Trinajstić information content (AvgIpc) is 2.57. The molecule has 0 aromatic heterocycles. The highest BCUT2D eigenvalue weighted by atomic mass is 16.6. The van der Waals surface area contributed by atoms with Gasteiger partial charge in [0, 0.05) is 5.56 Å². The first-order valence-electron chi connectivity index (χ1n) is 7.25. The minimum absolute atomic E-state index is 0.0170. The van der Waals surface area contributed by atoms with E-state index >= 15 is 0 Å². The van der Waals surface area contributed by atoms with Gasteiger partial charge in [-0.3, -0.25) is 10.1 Å². The molecule has 0 aliphatic rings. The number of aryl methyl sites for hydroxylation is 1. The number of benzene rings is 2. The van der Waals surface area contributed by atoms with Crippen LogP contribution in [0.15, 0.2) is 48.5 Å². The number of ether oxygens (including phenoxy) is 1. The van der Waals surface area contributed by atoms with Crippen LogP contribution in [-0.2, 0) is 11.3 Å². The van der Waals surface area contributed by atoms with E-state index in [-0.39, 0.29) is 18.8 Å². The third kappa shape index (κ3) is 4.85. The second-order valence-corrected chi connectivity index (χ2v) is 4.95. The van der Waals surface area contributed by atoms with Gasteiger partial charge in [0.2, 0.25) is 0 Å². The molecule has 0 atom stereocenters. The zero-order chi connectivity index (χ0) is 17.4. The molecule has 122 valence electrons. The van der Waals surface area contributed by atoms with Gasteiger partial charge in [0.05, 0.1) is 11.5 Å². The van der Waals surface area contributed by atoms with Crippen LogP contribution in [0.5, 0.6) is 0 Å². The van der Waals surface area contributed by atoms with Crippen molar-refractivity contribution in [1.29, 1.82) is 0 Å². The van der Waals surface area contributed by atoms with Gasteiger partial charge in [0.15, 0.2) is 0 Å². The number of carbonyl (C=O) groups excluding carboxylic acids is 1. The van der Waals surface area contributed by atoms with Gasteiger partial charge in [-0.2, -0.15) is 0 Å². The van der Waals surface area contributed by atoms with Crippen LogP contribution >= 0.6 is 0 Å². The number of nitro groups is 1. The summed E-state index contributed by atoms with van der Waals surface area (Å²) in [5.74, 6) is 5.39. The molecule has 6 heteroatoms. The summed E-state index contributed by atoms with van der Waals surface area (Å²) in [6.45, 7) is 1.87. The highest BCUT2D eigenvalue weighted by molar-refractivity contribution is 5.67. The normalized spacial score (nSPS) is 9.54. The molecule has 1 amide bonds. The Bertz CT molecular complexity index is 792. The summed E-state index contributed by atoms with van der Waals surface area (Å²) < 4.78 is 5.04. The molecule has 0 saturated heterocycles. The highest BCUT2D eigenvalue weighted by Crippen LogP contribution is 2.21. The van der Waals surface area contributed by atoms with Crippen molar-refractivity contribution in [2.75, 3.05) is 6.54 Å². The van der Waals surface area contributed by atoms with E-state index in [9.17, 15) is 14.9 Å². The Balaban J connectivity index is 1.87. The van der Waals surface area contributed by atoms with Crippen LogP contribution in [0.4, 0.5) is 10.5 Å². The fraction of sp³-hybridized carbons (Fsp3) is 0.167. The number of para-hydroxylation sites is 1. The number of nitro benzene ring substituents is 1. The Hall–Kier alpha value is -3.33. The third-order valence-electron chi connectivity index (χ3n) is 3.18. The molecule has 2 rings (SSSR count). The maximum atomic E-state index is 11.5. The maximum Gasteiger partial charge on any atom is 0.408 e. The number of nitrogens with zero attached hydrogens (tertiary/aromatic N) is 1. The number of nitrogens with one attached hydrogen (secondary N) is 1. The third-order valence-corrected chi connectivity index (χ3v) is 3.18. The minimum Gasteiger partial charge on any atom is -0.445 e. The second kappa shape index (κ2) is 8.34. The largest absolute Gasteiger partial charge is 0.445 e. The second-order valence-electron chi connectivity index (χ2n) is 4.95. The highest BCUT2D eigenvalue weighted by Gasteiger charge is 2.14. The lowest BCUT2D eigenvalue weighted by Gasteiger charge is -2.04. The summed E-state index contributed by atoms with van der Waals surface area (Å²) >= 11 is 0. The Kier molecular flexibility index (Phi) is 5.92. The van der Waals surface area contributed by atoms with Crippen LogP contribution in [0.25, 0.3) is 0 Å². The van der Waals surface area contributed by atoms with Crippen LogP contribution < -0.4 is 5.32 Å². The number of hydrogen-bond donors (Lipinski definition) is 1. The zero-order valence-electron chi connectivity index (χ0n) is 13.1. The van der Waals surface area contributed by atoms with Crippen LogP contribution in [-0.4, -0.2) is 17.6 Å². The van der Waals surface area contributed by atoms with E-state index in [4.69, 9.17) is 4.74 Å². The predicted molar refractivity (Wildman–Crippen MR) is 89.3 cm³/mol. The number of alkyl carbamates (subject to hydrolysis) is 1. The van der Waals surface area contributed by atoms with Gasteiger partial charge >= 0.3 is 6.09 Å². The lowest BCUT2D eigenvalue weighted by Crippen LogP contribution is -2.24. The molecule has 0 aliphatic carbocycles. The topological polar surface area (TPSA) is 81.5 Å². The van der Waals surface area contributed by atoms with Crippen LogP contribution in [0.2, 0.25) is 0 Å². The zero-order valence-corrected chi connectivity index (χ0v) is 13.1. The molecule has 0 saturated carbocycles. The Morgan fingerprint density at radius 1 is 1.21 bits per heavy atom. The van der Waals surface area contributed by atoms with Crippen molar-refractivity contribution in [3.8, 4) is 11.8 Å². The fourth-order valence-electron chi connectivity index (χ4n) is 2.03. The smallest absolute Gasteiger partial charge is 0.408 e. The van der Waals surface area contributed by atoms with E-state index in [0.717, 1.165) is 5.56 Å². The quantitative estimate of drug-likeness (QED) is 0.532. The van der Waals surface area contributed by atoms with Crippen LogP contribution in [0.1, 0.15) is 16.7 Å².